The molecule has 0 saturated carbocycles. The second-order valence-corrected chi connectivity index (χ2v) is 5.04. The summed E-state index contributed by atoms with van der Waals surface area (Å²) < 4.78 is 19.6. The number of benzene rings is 2. The van der Waals surface area contributed by atoms with Gasteiger partial charge in [0.1, 0.15) is 6.10 Å². The van der Waals surface area contributed by atoms with E-state index in [4.69, 9.17) is 4.74 Å². The van der Waals surface area contributed by atoms with Crippen molar-refractivity contribution in [3.63, 3.8) is 0 Å². The van der Waals surface area contributed by atoms with Crippen molar-refractivity contribution in [1.82, 2.24) is 4.90 Å². The highest BCUT2D eigenvalue weighted by atomic mass is 35.5. The van der Waals surface area contributed by atoms with Crippen LogP contribution in [-0.2, 0) is 0 Å². The summed E-state index contributed by atoms with van der Waals surface area (Å²) in [5.74, 6) is -0.0154. The van der Waals surface area contributed by atoms with E-state index in [1.54, 1.807) is 18.2 Å². The van der Waals surface area contributed by atoms with E-state index < -0.39 is 0 Å². The second-order valence-electron chi connectivity index (χ2n) is 5.04. The molecule has 2 aromatic rings. The van der Waals surface area contributed by atoms with Crippen molar-refractivity contribution in [1.29, 1.82) is 0 Å². The van der Waals surface area contributed by atoms with Crippen LogP contribution in [-0.4, -0.2) is 25.5 Å². The molecule has 0 aliphatic carbocycles. The van der Waals surface area contributed by atoms with Crippen LogP contribution in [0.4, 0.5) is 4.39 Å². The molecule has 0 amide bonds. The van der Waals surface area contributed by atoms with Gasteiger partial charge < -0.3 is 9.64 Å². The second kappa shape index (κ2) is 8.65. The Hall–Kier alpha value is -1.58. The van der Waals surface area contributed by atoms with Gasteiger partial charge in [-0.15, -0.1) is 12.4 Å². The van der Waals surface area contributed by atoms with Gasteiger partial charge in [0.15, 0.2) is 11.6 Å². The zero-order valence-corrected chi connectivity index (χ0v) is 13.1. The van der Waals surface area contributed by atoms with Crippen molar-refractivity contribution < 1.29 is 9.13 Å². The van der Waals surface area contributed by atoms with Crippen molar-refractivity contribution in [3.05, 3.63) is 66.0 Å². The molecule has 0 radical (unpaired) electrons. The Morgan fingerprint density at radius 2 is 1.62 bits per heavy atom. The zero-order chi connectivity index (χ0) is 14.4. The van der Waals surface area contributed by atoms with Gasteiger partial charge in [-0.3, -0.25) is 0 Å². The SMILES string of the molecule is CN(C)CCC(Oc1ccccc1F)c1ccccc1.Cl. The first kappa shape index (κ1) is 17.5. The molecule has 2 rings (SSSR count). The highest BCUT2D eigenvalue weighted by Gasteiger charge is 2.15. The third kappa shape index (κ3) is 5.37. The number of ether oxygens (including phenoxy) is 1. The largest absolute Gasteiger partial charge is 0.483 e. The van der Waals surface area contributed by atoms with Gasteiger partial charge in [-0.25, -0.2) is 4.39 Å². The van der Waals surface area contributed by atoms with Gasteiger partial charge in [-0.2, -0.15) is 0 Å². The van der Waals surface area contributed by atoms with Gasteiger partial charge in [-0.05, 0) is 31.8 Å². The van der Waals surface area contributed by atoms with Crippen LogP contribution in [0.5, 0.6) is 5.75 Å². The van der Waals surface area contributed by atoms with Crippen molar-refractivity contribution in [3.8, 4) is 5.75 Å². The van der Waals surface area contributed by atoms with E-state index in [0.29, 0.717) is 5.75 Å². The molecule has 4 heteroatoms. The molecule has 0 N–H and O–H groups in total. The van der Waals surface area contributed by atoms with E-state index in [2.05, 4.69) is 4.90 Å². The summed E-state index contributed by atoms with van der Waals surface area (Å²) in [4.78, 5) is 2.10. The number of para-hydroxylation sites is 1. The quantitative estimate of drug-likeness (QED) is 0.788. The molecule has 2 aromatic carbocycles. The molecule has 0 bridgehead atoms. The summed E-state index contributed by atoms with van der Waals surface area (Å²) in [5, 5.41) is 0. The van der Waals surface area contributed by atoms with Crippen LogP contribution >= 0.6 is 12.4 Å². The molecule has 0 spiro atoms. The maximum absolute atomic E-state index is 13.7. The molecule has 114 valence electrons. The Morgan fingerprint density at radius 3 is 2.24 bits per heavy atom. The molecule has 0 aliphatic rings. The molecule has 0 aliphatic heterocycles. The fourth-order valence-electron chi connectivity index (χ4n) is 2.03. The lowest BCUT2D eigenvalue weighted by molar-refractivity contribution is 0.172. The minimum Gasteiger partial charge on any atom is -0.483 e. The van der Waals surface area contributed by atoms with Gasteiger partial charge in [0, 0.05) is 13.0 Å². The van der Waals surface area contributed by atoms with Crippen LogP contribution < -0.4 is 4.74 Å². The predicted octanol–water partition coefficient (Wildman–Crippen LogP) is 4.32. The Balaban J connectivity index is 0.00000220. The van der Waals surface area contributed by atoms with Gasteiger partial charge in [-0.1, -0.05) is 42.5 Å². The van der Waals surface area contributed by atoms with E-state index >= 15 is 0 Å². The van der Waals surface area contributed by atoms with Crippen LogP contribution in [0.3, 0.4) is 0 Å². The van der Waals surface area contributed by atoms with Crippen molar-refractivity contribution in [2.24, 2.45) is 0 Å². The lowest BCUT2D eigenvalue weighted by atomic mass is 10.1. The summed E-state index contributed by atoms with van der Waals surface area (Å²) in [6.45, 7) is 0.883. The standard InChI is InChI=1S/C17H20FNO.ClH/c1-19(2)13-12-16(14-8-4-3-5-9-14)20-17-11-7-6-10-15(17)18;/h3-11,16H,12-13H2,1-2H3;1H. The normalized spacial score (nSPS) is 11.8. The third-order valence-electron chi connectivity index (χ3n) is 3.12. The molecule has 21 heavy (non-hydrogen) atoms. The lowest BCUT2D eigenvalue weighted by Crippen LogP contribution is -2.19. The van der Waals surface area contributed by atoms with Crippen molar-refractivity contribution in [2.75, 3.05) is 20.6 Å². The highest BCUT2D eigenvalue weighted by molar-refractivity contribution is 5.85. The average molecular weight is 310 g/mol. The van der Waals surface area contributed by atoms with Crippen molar-refractivity contribution in [2.45, 2.75) is 12.5 Å². The minimum atomic E-state index is -0.321. The van der Waals surface area contributed by atoms with Crippen LogP contribution in [0, 0.1) is 5.82 Å². The molecular weight excluding hydrogens is 289 g/mol. The minimum absolute atomic E-state index is 0. The number of hydrogen-bond donors (Lipinski definition) is 0. The fraction of sp³-hybridized carbons (Fsp3) is 0.294. The number of rotatable bonds is 6. The van der Waals surface area contributed by atoms with E-state index in [0.717, 1.165) is 18.5 Å². The van der Waals surface area contributed by atoms with Crippen LogP contribution in [0.15, 0.2) is 54.6 Å². The van der Waals surface area contributed by atoms with Gasteiger partial charge in [0.25, 0.3) is 0 Å². The molecule has 1 atom stereocenters. The first-order chi connectivity index (χ1) is 9.66. The highest BCUT2D eigenvalue weighted by Crippen LogP contribution is 2.26. The Kier molecular flexibility index (Phi) is 7.20. The summed E-state index contributed by atoms with van der Waals surface area (Å²) in [5.41, 5.74) is 1.07. The summed E-state index contributed by atoms with van der Waals surface area (Å²) in [6.07, 6.45) is 0.668. The smallest absolute Gasteiger partial charge is 0.165 e. The molecule has 0 heterocycles. The van der Waals surface area contributed by atoms with E-state index in [1.165, 1.54) is 6.07 Å². The average Bonchev–Trinajstić information content (AvgIpc) is 2.46. The van der Waals surface area contributed by atoms with Gasteiger partial charge >= 0.3 is 0 Å². The maximum atomic E-state index is 13.7. The van der Waals surface area contributed by atoms with Crippen LogP contribution in [0.25, 0.3) is 0 Å². The van der Waals surface area contributed by atoms with E-state index in [1.807, 2.05) is 44.4 Å². The zero-order valence-electron chi connectivity index (χ0n) is 12.3. The molecule has 0 aromatic heterocycles. The van der Waals surface area contributed by atoms with E-state index in [-0.39, 0.29) is 24.3 Å². The summed E-state index contributed by atoms with van der Waals surface area (Å²) >= 11 is 0. The van der Waals surface area contributed by atoms with Gasteiger partial charge in [0.05, 0.1) is 0 Å². The van der Waals surface area contributed by atoms with Crippen LogP contribution in [0.2, 0.25) is 0 Å². The summed E-state index contributed by atoms with van der Waals surface area (Å²) in [7, 11) is 4.04. The molecule has 2 nitrogen and oxygen atoms in total. The van der Waals surface area contributed by atoms with E-state index in [9.17, 15) is 4.39 Å². The predicted molar refractivity (Wildman–Crippen MR) is 86.6 cm³/mol. The first-order valence-electron chi connectivity index (χ1n) is 6.77. The Labute approximate surface area is 132 Å². The summed E-state index contributed by atoms with van der Waals surface area (Å²) in [6, 6.07) is 16.5. The molecular formula is C17H21ClFNO. The molecule has 1 unspecified atom stereocenters. The number of nitrogens with zero attached hydrogens (tertiary/aromatic N) is 1. The topological polar surface area (TPSA) is 12.5 Å². The monoisotopic (exact) mass is 309 g/mol. The number of halogens is 2. The van der Waals surface area contributed by atoms with Crippen molar-refractivity contribution >= 4 is 12.4 Å². The molecule has 0 saturated heterocycles. The fourth-order valence-corrected chi connectivity index (χ4v) is 2.03. The number of hydrogen-bond acceptors (Lipinski definition) is 2. The molecule has 0 fully saturated rings. The lowest BCUT2D eigenvalue weighted by Gasteiger charge is -2.21. The first-order valence-corrected chi connectivity index (χ1v) is 6.77. The van der Waals surface area contributed by atoms with Crippen LogP contribution in [0.1, 0.15) is 18.1 Å². The Bertz CT molecular complexity index is 533. The van der Waals surface area contributed by atoms with Gasteiger partial charge in [0.2, 0.25) is 0 Å². The maximum Gasteiger partial charge on any atom is 0.165 e. The Morgan fingerprint density at radius 1 is 1.00 bits per heavy atom. The third-order valence-corrected chi connectivity index (χ3v) is 3.12.